The van der Waals surface area contributed by atoms with E-state index in [-0.39, 0.29) is 18.1 Å². The number of amides is 1. The number of ether oxygens (including phenoxy) is 2. The summed E-state index contributed by atoms with van der Waals surface area (Å²) in [6, 6.07) is 6.72. The molecule has 0 bridgehead atoms. The average molecular weight is 477 g/mol. The van der Waals surface area contributed by atoms with Crippen LogP contribution in [0.4, 0.5) is 9.39 Å². The van der Waals surface area contributed by atoms with Gasteiger partial charge in [0.1, 0.15) is 17.4 Å². The second-order valence-corrected chi connectivity index (χ2v) is 7.71. The highest BCUT2D eigenvalue weighted by Gasteiger charge is 2.20. The average Bonchev–Trinajstić information content (AvgIpc) is 3.36. The number of aryl methyl sites for hydroxylation is 1. The van der Waals surface area contributed by atoms with Gasteiger partial charge < -0.3 is 19.2 Å². The van der Waals surface area contributed by atoms with Crippen LogP contribution in [0.25, 0.3) is 11.5 Å². The first-order chi connectivity index (χ1) is 15.8. The lowest BCUT2D eigenvalue weighted by Crippen LogP contribution is -2.26. The molecule has 0 radical (unpaired) electrons. The molecule has 0 unspecified atom stereocenters. The molecule has 0 saturated heterocycles. The number of carbonyl (C=O) groups is 3. The summed E-state index contributed by atoms with van der Waals surface area (Å²) in [4.78, 5) is 49.1. The van der Waals surface area contributed by atoms with Crippen LogP contribution in [0.3, 0.4) is 0 Å². The summed E-state index contributed by atoms with van der Waals surface area (Å²) in [5.41, 5.74) is 0.570. The molecular weight excluding hydrogens is 457 g/mol. The van der Waals surface area contributed by atoms with Crippen LogP contribution in [0.2, 0.25) is 0 Å². The third-order valence-corrected chi connectivity index (χ3v) is 5.42. The summed E-state index contributed by atoms with van der Waals surface area (Å²) in [6.45, 7) is 2.53. The fourth-order valence-electron chi connectivity index (χ4n) is 2.66. The summed E-state index contributed by atoms with van der Waals surface area (Å²) in [5.74, 6) is -3.62. The van der Waals surface area contributed by atoms with E-state index in [2.05, 4.69) is 10.4 Å². The van der Waals surface area contributed by atoms with Crippen LogP contribution < -0.4 is 11.1 Å². The third kappa shape index (κ3) is 6.13. The summed E-state index contributed by atoms with van der Waals surface area (Å²) in [7, 11) is 0. The first-order valence-electron chi connectivity index (χ1n) is 9.89. The quantitative estimate of drug-likeness (QED) is 0.466. The number of nitrogens with zero attached hydrogens (tertiary/aromatic N) is 2. The first-order valence-corrected chi connectivity index (χ1v) is 10.7. The SMILES string of the molecule is CCOC(=O)c1cc(CC)sc1NC(=O)COC(=O)Cn1nc(-c2ccc(F)cc2)oc1=O. The van der Waals surface area contributed by atoms with E-state index in [1.54, 1.807) is 13.0 Å². The van der Waals surface area contributed by atoms with E-state index in [0.717, 1.165) is 9.56 Å². The number of rotatable bonds is 9. The topological polar surface area (TPSA) is 130 Å². The van der Waals surface area contributed by atoms with Crippen molar-refractivity contribution in [3.8, 4) is 11.5 Å². The number of hydrogen-bond donors (Lipinski definition) is 1. The molecule has 0 fully saturated rings. The van der Waals surface area contributed by atoms with Crippen molar-refractivity contribution in [2.45, 2.75) is 26.8 Å². The predicted molar refractivity (Wildman–Crippen MR) is 115 cm³/mol. The van der Waals surface area contributed by atoms with E-state index in [4.69, 9.17) is 13.9 Å². The van der Waals surface area contributed by atoms with E-state index < -0.39 is 42.6 Å². The van der Waals surface area contributed by atoms with Crippen LogP contribution in [-0.2, 0) is 32.0 Å². The molecule has 0 saturated carbocycles. The molecule has 0 spiro atoms. The molecule has 1 aromatic carbocycles. The van der Waals surface area contributed by atoms with Gasteiger partial charge in [0.05, 0.1) is 12.2 Å². The van der Waals surface area contributed by atoms with Crippen LogP contribution in [0.15, 0.2) is 39.5 Å². The minimum Gasteiger partial charge on any atom is -0.462 e. The number of aromatic nitrogens is 2. The largest absolute Gasteiger partial charge is 0.462 e. The van der Waals surface area contributed by atoms with Crippen molar-refractivity contribution in [3.63, 3.8) is 0 Å². The van der Waals surface area contributed by atoms with Crippen molar-refractivity contribution in [2.24, 2.45) is 0 Å². The lowest BCUT2D eigenvalue weighted by molar-refractivity contribution is -0.148. The number of esters is 2. The smallest absolute Gasteiger partial charge is 0.437 e. The van der Waals surface area contributed by atoms with Crippen LogP contribution >= 0.6 is 11.3 Å². The zero-order valence-electron chi connectivity index (χ0n) is 17.8. The normalized spacial score (nSPS) is 10.6. The van der Waals surface area contributed by atoms with Gasteiger partial charge in [0.15, 0.2) is 6.61 Å². The second-order valence-electron chi connectivity index (χ2n) is 6.58. The van der Waals surface area contributed by atoms with E-state index in [0.29, 0.717) is 17.0 Å². The Hall–Kier alpha value is -3.80. The minimum absolute atomic E-state index is 0.0959. The fraction of sp³-hybridized carbons (Fsp3) is 0.286. The molecule has 2 heterocycles. The fourth-order valence-corrected chi connectivity index (χ4v) is 3.66. The molecule has 3 rings (SSSR count). The van der Waals surface area contributed by atoms with Gasteiger partial charge in [-0.2, -0.15) is 4.68 Å². The summed E-state index contributed by atoms with van der Waals surface area (Å²) in [6.07, 6.45) is 0.661. The lowest BCUT2D eigenvalue weighted by Gasteiger charge is -2.07. The molecule has 2 aromatic heterocycles. The molecule has 10 nitrogen and oxygen atoms in total. The number of hydrogen-bond acceptors (Lipinski definition) is 9. The Labute approximate surface area is 190 Å². The Morgan fingerprint density at radius 2 is 1.91 bits per heavy atom. The molecule has 0 aliphatic heterocycles. The number of anilines is 1. The zero-order valence-corrected chi connectivity index (χ0v) is 18.6. The maximum Gasteiger partial charge on any atom is 0.437 e. The van der Waals surface area contributed by atoms with Gasteiger partial charge in [0, 0.05) is 10.4 Å². The molecule has 33 heavy (non-hydrogen) atoms. The maximum atomic E-state index is 13.0. The standard InChI is InChI=1S/C21H20FN3O7S/c1-3-14-9-15(20(28)30-4-2)19(33-14)23-16(26)11-31-17(27)10-25-21(29)32-18(24-25)12-5-7-13(22)8-6-12/h5-9H,3-4,10-11H2,1-2H3,(H,23,26). The highest BCUT2D eigenvalue weighted by atomic mass is 32.1. The van der Waals surface area contributed by atoms with Gasteiger partial charge in [0.25, 0.3) is 5.91 Å². The van der Waals surface area contributed by atoms with Crippen molar-refractivity contribution >= 4 is 34.2 Å². The van der Waals surface area contributed by atoms with Crippen LogP contribution in [0, 0.1) is 5.82 Å². The zero-order chi connectivity index (χ0) is 24.0. The molecule has 174 valence electrons. The van der Waals surface area contributed by atoms with E-state index in [9.17, 15) is 23.6 Å². The number of halogens is 1. The molecule has 1 N–H and O–H groups in total. The van der Waals surface area contributed by atoms with Crippen LogP contribution in [-0.4, -0.2) is 40.8 Å². The van der Waals surface area contributed by atoms with E-state index >= 15 is 0 Å². The second kappa shape index (κ2) is 10.7. The molecular formula is C21H20FN3O7S. The lowest BCUT2D eigenvalue weighted by atomic mass is 10.2. The summed E-state index contributed by atoms with van der Waals surface area (Å²) in [5, 5.41) is 6.70. The molecule has 1 amide bonds. The van der Waals surface area contributed by atoms with Crippen molar-refractivity contribution in [3.05, 3.63) is 57.1 Å². The van der Waals surface area contributed by atoms with Gasteiger partial charge in [0.2, 0.25) is 5.89 Å². The summed E-state index contributed by atoms with van der Waals surface area (Å²) >= 11 is 1.22. The monoisotopic (exact) mass is 477 g/mol. The van der Waals surface area contributed by atoms with Crippen molar-refractivity contribution in [1.29, 1.82) is 0 Å². The number of nitrogens with one attached hydrogen (secondary N) is 1. The van der Waals surface area contributed by atoms with Crippen LogP contribution in [0.5, 0.6) is 0 Å². The molecule has 0 aliphatic carbocycles. The highest BCUT2D eigenvalue weighted by molar-refractivity contribution is 7.16. The van der Waals surface area contributed by atoms with Gasteiger partial charge in [-0.1, -0.05) is 6.92 Å². The van der Waals surface area contributed by atoms with Gasteiger partial charge in [-0.25, -0.2) is 14.0 Å². The number of benzene rings is 1. The van der Waals surface area contributed by atoms with Crippen molar-refractivity contribution in [2.75, 3.05) is 18.5 Å². The molecule has 0 aliphatic rings. The third-order valence-electron chi connectivity index (χ3n) is 4.22. The Morgan fingerprint density at radius 3 is 2.58 bits per heavy atom. The van der Waals surface area contributed by atoms with E-state index in [1.165, 1.54) is 35.6 Å². The maximum absolute atomic E-state index is 13.0. The number of thiophene rings is 1. The Balaban J connectivity index is 1.58. The van der Waals surface area contributed by atoms with Gasteiger partial charge >= 0.3 is 17.7 Å². The van der Waals surface area contributed by atoms with Gasteiger partial charge in [-0.3, -0.25) is 9.59 Å². The molecule has 12 heteroatoms. The van der Waals surface area contributed by atoms with Crippen LogP contribution in [0.1, 0.15) is 29.1 Å². The van der Waals surface area contributed by atoms with Crippen molar-refractivity contribution in [1.82, 2.24) is 9.78 Å². The van der Waals surface area contributed by atoms with Gasteiger partial charge in [-0.05, 0) is 43.7 Å². The molecule has 3 aromatic rings. The Kier molecular flexibility index (Phi) is 7.72. The predicted octanol–water partition coefficient (Wildman–Crippen LogP) is 2.62. The Bertz CT molecular complexity index is 1210. The summed E-state index contributed by atoms with van der Waals surface area (Å²) < 4.78 is 28.6. The highest BCUT2D eigenvalue weighted by Crippen LogP contribution is 2.29. The Morgan fingerprint density at radius 1 is 1.18 bits per heavy atom. The molecule has 0 atom stereocenters. The van der Waals surface area contributed by atoms with Crippen molar-refractivity contribution < 1.29 is 32.7 Å². The first kappa shape index (κ1) is 23.9. The minimum atomic E-state index is -0.916. The number of carbonyl (C=O) groups excluding carboxylic acids is 3. The van der Waals surface area contributed by atoms with Gasteiger partial charge in [-0.15, -0.1) is 16.4 Å². The van der Waals surface area contributed by atoms with E-state index in [1.807, 2.05) is 6.92 Å².